The van der Waals surface area contributed by atoms with Gasteiger partial charge in [0.25, 0.3) is 0 Å². The van der Waals surface area contributed by atoms with Crippen molar-refractivity contribution in [3.8, 4) is 5.75 Å². The summed E-state index contributed by atoms with van der Waals surface area (Å²) in [4.78, 5) is 38.9. The number of rotatable bonds is 8. The molecule has 0 saturated carbocycles. The van der Waals surface area contributed by atoms with E-state index in [-0.39, 0.29) is 18.9 Å². The zero-order valence-electron chi connectivity index (χ0n) is 15.3. The Kier molecular flexibility index (Phi) is 7.01. The molecule has 0 aliphatic carbocycles. The lowest BCUT2D eigenvalue weighted by atomic mass is 10.1. The van der Waals surface area contributed by atoms with Gasteiger partial charge in [-0.25, -0.2) is 9.59 Å². The summed E-state index contributed by atoms with van der Waals surface area (Å²) in [6.45, 7) is 4.40. The van der Waals surface area contributed by atoms with E-state index in [4.69, 9.17) is 25.8 Å². The molecule has 144 valence electrons. The third-order valence-corrected chi connectivity index (χ3v) is 3.95. The zero-order valence-corrected chi connectivity index (χ0v) is 16.0. The van der Waals surface area contributed by atoms with Crippen LogP contribution in [0.2, 0.25) is 5.02 Å². The topological polar surface area (TPSA) is 94.7 Å². The first-order valence-corrected chi connectivity index (χ1v) is 8.64. The van der Waals surface area contributed by atoms with Crippen LogP contribution < -0.4 is 4.74 Å². The summed E-state index contributed by atoms with van der Waals surface area (Å²) in [5.74, 6) is -1.24. The Balaban J connectivity index is 1.92. The van der Waals surface area contributed by atoms with Crippen LogP contribution >= 0.6 is 11.6 Å². The van der Waals surface area contributed by atoms with Crippen LogP contribution in [0.3, 0.4) is 0 Å². The Morgan fingerprint density at radius 2 is 1.85 bits per heavy atom. The molecule has 1 aromatic heterocycles. The predicted molar refractivity (Wildman–Crippen MR) is 98.5 cm³/mol. The first kappa shape index (κ1) is 20.5. The number of aromatic nitrogens is 1. The monoisotopic (exact) mass is 393 g/mol. The van der Waals surface area contributed by atoms with Crippen molar-refractivity contribution in [1.82, 2.24) is 4.98 Å². The van der Waals surface area contributed by atoms with Crippen LogP contribution in [-0.4, -0.2) is 42.5 Å². The minimum atomic E-state index is -0.699. The largest absolute Gasteiger partial charge is 0.482 e. The van der Waals surface area contributed by atoms with Gasteiger partial charge in [-0.2, -0.15) is 0 Å². The van der Waals surface area contributed by atoms with Crippen LogP contribution in [-0.2, 0) is 14.3 Å². The molecule has 1 N–H and O–H groups in total. The highest BCUT2D eigenvalue weighted by Gasteiger charge is 2.23. The molecule has 0 bridgehead atoms. The number of esters is 2. The van der Waals surface area contributed by atoms with E-state index < -0.39 is 24.3 Å². The van der Waals surface area contributed by atoms with Crippen molar-refractivity contribution in [1.29, 1.82) is 0 Å². The van der Waals surface area contributed by atoms with E-state index in [2.05, 4.69) is 4.98 Å². The minimum Gasteiger partial charge on any atom is -0.482 e. The Morgan fingerprint density at radius 3 is 2.52 bits per heavy atom. The Bertz CT molecular complexity index is 858. The lowest BCUT2D eigenvalue weighted by molar-refractivity contribution is -0.144. The molecule has 0 spiro atoms. The number of carbonyl (C=O) groups is 3. The second kappa shape index (κ2) is 9.23. The van der Waals surface area contributed by atoms with E-state index >= 15 is 0 Å². The van der Waals surface area contributed by atoms with Crippen molar-refractivity contribution in [2.24, 2.45) is 0 Å². The number of H-pyrrole nitrogens is 1. The highest BCUT2D eigenvalue weighted by atomic mass is 35.5. The second-order valence-electron chi connectivity index (χ2n) is 5.68. The Labute approximate surface area is 161 Å². The maximum absolute atomic E-state index is 12.3. The molecule has 7 nitrogen and oxygen atoms in total. The van der Waals surface area contributed by atoms with Crippen LogP contribution in [0.4, 0.5) is 0 Å². The number of aromatic amines is 1. The van der Waals surface area contributed by atoms with Crippen LogP contribution in [0.1, 0.15) is 39.0 Å². The maximum atomic E-state index is 12.3. The van der Waals surface area contributed by atoms with E-state index in [1.54, 1.807) is 45.0 Å². The fraction of sp³-hybridized carbons (Fsp3) is 0.316. The molecule has 1 aromatic carbocycles. The molecule has 0 atom stereocenters. The smallest absolute Gasteiger partial charge is 0.344 e. The minimum absolute atomic E-state index is 0.208. The van der Waals surface area contributed by atoms with Gasteiger partial charge in [-0.3, -0.25) is 4.79 Å². The standard InChI is InChI=1S/C19H20ClNO6/c1-4-25-19(24)17-11(2)18(21-12(17)3)15(22)9-27-16(23)10-26-14-7-5-6-13(20)8-14/h5-8,21H,4,9-10H2,1-3H3. The number of ether oxygens (including phenoxy) is 3. The summed E-state index contributed by atoms with van der Waals surface area (Å²) < 4.78 is 15.2. The van der Waals surface area contributed by atoms with E-state index in [0.29, 0.717) is 27.6 Å². The average Bonchev–Trinajstić information content (AvgIpc) is 2.92. The summed E-state index contributed by atoms with van der Waals surface area (Å²) in [5, 5.41) is 0.478. The summed E-state index contributed by atoms with van der Waals surface area (Å²) >= 11 is 5.83. The molecule has 0 amide bonds. The first-order chi connectivity index (χ1) is 12.8. The fourth-order valence-electron chi connectivity index (χ4n) is 2.50. The molecule has 0 fully saturated rings. The van der Waals surface area contributed by atoms with Crippen molar-refractivity contribution in [3.05, 3.63) is 51.8 Å². The number of halogens is 1. The van der Waals surface area contributed by atoms with E-state index in [1.165, 1.54) is 0 Å². The third kappa shape index (κ3) is 5.34. The van der Waals surface area contributed by atoms with Gasteiger partial charge in [0, 0.05) is 10.7 Å². The number of nitrogens with one attached hydrogen (secondary N) is 1. The second-order valence-corrected chi connectivity index (χ2v) is 6.11. The van der Waals surface area contributed by atoms with Crippen LogP contribution in [0, 0.1) is 13.8 Å². The van der Waals surface area contributed by atoms with Crippen molar-refractivity contribution in [3.63, 3.8) is 0 Å². The quantitative estimate of drug-likeness (QED) is 0.546. The summed E-state index contributed by atoms with van der Waals surface area (Å²) in [6.07, 6.45) is 0. The summed E-state index contributed by atoms with van der Waals surface area (Å²) in [5.41, 5.74) is 1.50. The SMILES string of the molecule is CCOC(=O)c1c(C)[nH]c(C(=O)COC(=O)COc2cccc(Cl)c2)c1C. The van der Waals surface area contributed by atoms with Gasteiger partial charge in [0.2, 0.25) is 5.78 Å². The molecule has 1 heterocycles. The van der Waals surface area contributed by atoms with E-state index in [9.17, 15) is 14.4 Å². The van der Waals surface area contributed by atoms with E-state index in [1.807, 2.05) is 0 Å². The van der Waals surface area contributed by atoms with Crippen molar-refractivity contribution in [2.75, 3.05) is 19.8 Å². The molecule has 27 heavy (non-hydrogen) atoms. The number of hydrogen-bond acceptors (Lipinski definition) is 6. The van der Waals surface area contributed by atoms with Crippen LogP contribution in [0.15, 0.2) is 24.3 Å². The number of benzene rings is 1. The number of ketones is 1. The Hall–Kier alpha value is -2.80. The molecule has 2 rings (SSSR count). The van der Waals surface area contributed by atoms with Gasteiger partial charge in [-0.1, -0.05) is 17.7 Å². The molecule has 0 aliphatic heterocycles. The number of aryl methyl sites for hydroxylation is 1. The van der Waals surface area contributed by atoms with Crippen LogP contribution in [0.5, 0.6) is 5.75 Å². The van der Waals surface area contributed by atoms with Gasteiger partial charge in [0.15, 0.2) is 13.2 Å². The molecule has 0 aliphatic rings. The van der Waals surface area contributed by atoms with Crippen LogP contribution in [0.25, 0.3) is 0 Å². The zero-order chi connectivity index (χ0) is 20.0. The highest BCUT2D eigenvalue weighted by Crippen LogP contribution is 2.20. The highest BCUT2D eigenvalue weighted by molar-refractivity contribution is 6.30. The van der Waals surface area contributed by atoms with E-state index in [0.717, 1.165) is 0 Å². The predicted octanol–water partition coefficient (Wildman–Crippen LogP) is 3.27. The molecular formula is C19H20ClNO6. The van der Waals surface area contributed by atoms with Crippen molar-refractivity contribution in [2.45, 2.75) is 20.8 Å². The number of hydrogen-bond donors (Lipinski definition) is 1. The molecule has 2 aromatic rings. The van der Waals surface area contributed by atoms with Gasteiger partial charge in [0.05, 0.1) is 17.9 Å². The first-order valence-electron chi connectivity index (χ1n) is 8.27. The van der Waals surface area contributed by atoms with Gasteiger partial charge < -0.3 is 19.2 Å². The summed E-state index contributed by atoms with van der Waals surface area (Å²) in [6, 6.07) is 6.56. The van der Waals surface area contributed by atoms with Gasteiger partial charge in [-0.15, -0.1) is 0 Å². The van der Waals surface area contributed by atoms with Gasteiger partial charge in [-0.05, 0) is 44.5 Å². The molecule has 0 unspecified atom stereocenters. The fourth-order valence-corrected chi connectivity index (χ4v) is 2.68. The third-order valence-electron chi connectivity index (χ3n) is 3.71. The lowest BCUT2D eigenvalue weighted by Gasteiger charge is -2.07. The maximum Gasteiger partial charge on any atom is 0.344 e. The summed E-state index contributed by atoms with van der Waals surface area (Å²) in [7, 11) is 0. The van der Waals surface area contributed by atoms with Crippen molar-refractivity contribution < 1.29 is 28.6 Å². The normalized spacial score (nSPS) is 10.4. The molecule has 0 saturated heterocycles. The lowest BCUT2D eigenvalue weighted by Crippen LogP contribution is -2.20. The molecular weight excluding hydrogens is 374 g/mol. The van der Waals surface area contributed by atoms with Crippen molar-refractivity contribution >= 4 is 29.3 Å². The number of Topliss-reactive ketones (excluding diaryl/α,β-unsaturated/α-hetero) is 1. The Morgan fingerprint density at radius 1 is 1.11 bits per heavy atom. The van der Waals surface area contributed by atoms with Gasteiger partial charge >= 0.3 is 11.9 Å². The van der Waals surface area contributed by atoms with Gasteiger partial charge in [0.1, 0.15) is 5.75 Å². The number of carbonyl (C=O) groups excluding carboxylic acids is 3. The average molecular weight is 394 g/mol. The molecule has 0 radical (unpaired) electrons. The molecule has 8 heteroatoms.